The van der Waals surface area contributed by atoms with Gasteiger partial charge in [0.25, 0.3) is 0 Å². The van der Waals surface area contributed by atoms with E-state index in [1.54, 1.807) is 0 Å². The van der Waals surface area contributed by atoms with Gasteiger partial charge in [0.15, 0.2) is 0 Å². The Morgan fingerprint density at radius 1 is 1.24 bits per heavy atom. The highest BCUT2D eigenvalue weighted by molar-refractivity contribution is 5.31. The lowest BCUT2D eigenvalue weighted by molar-refractivity contribution is 0.0286. The van der Waals surface area contributed by atoms with Crippen molar-refractivity contribution in [3.05, 3.63) is 35.4 Å². The number of hydrogen-bond donors (Lipinski definition) is 2. The molecule has 3 heteroatoms. The molecule has 2 unspecified atom stereocenters. The first kappa shape index (κ1) is 16.5. The van der Waals surface area contributed by atoms with Crippen molar-refractivity contribution < 1.29 is 4.74 Å². The second-order valence-corrected chi connectivity index (χ2v) is 6.11. The summed E-state index contributed by atoms with van der Waals surface area (Å²) in [4.78, 5) is 0. The number of ether oxygens (including phenoxy) is 1. The third-order valence-corrected chi connectivity index (χ3v) is 4.48. The Morgan fingerprint density at radius 3 is 2.86 bits per heavy atom. The Kier molecular flexibility index (Phi) is 7.20. The van der Waals surface area contributed by atoms with Gasteiger partial charge in [-0.05, 0) is 30.4 Å². The second kappa shape index (κ2) is 9.19. The quantitative estimate of drug-likeness (QED) is 0.412. The average Bonchev–Trinajstić information content (AvgIpc) is 2.53. The molecule has 1 heterocycles. The molecule has 0 aromatic heterocycles. The van der Waals surface area contributed by atoms with E-state index < -0.39 is 0 Å². The summed E-state index contributed by atoms with van der Waals surface area (Å²) in [6.07, 6.45) is 9.90. The Labute approximate surface area is 129 Å². The molecule has 0 fully saturated rings. The van der Waals surface area contributed by atoms with Gasteiger partial charge in [-0.1, -0.05) is 63.3 Å². The van der Waals surface area contributed by atoms with Crippen LogP contribution in [0.4, 0.5) is 0 Å². The third-order valence-electron chi connectivity index (χ3n) is 4.48. The van der Waals surface area contributed by atoms with Crippen LogP contribution >= 0.6 is 0 Å². The van der Waals surface area contributed by atoms with Crippen LogP contribution in [0.25, 0.3) is 0 Å². The summed E-state index contributed by atoms with van der Waals surface area (Å²) in [6, 6.07) is 9.00. The summed E-state index contributed by atoms with van der Waals surface area (Å²) < 4.78 is 5.99. The van der Waals surface area contributed by atoms with Gasteiger partial charge >= 0.3 is 0 Å². The molecule has 1 aromatic rings. The van der Waals surface area contributed by atoms with Crippen LogP contribution in [0.15, 0.2) is 24.3 Å². The first-order valence-corrected chi connectivity index (χ1v) is 8.50. The smallest absolute Gasteiger partial charge is 0.0843 e. The Hall–Kier alpha value is -0.900. The first-order valence-electron chi connectivity index (χ1n) is 8.50. The lowest BCUT2D eigenvalue weighted by Gasteiger charge is -2.29. The van der Waals surface area contributed by atoms with Gasteiger partial charge in [0, 0.05) is 6.04 Å². The van der Waals surface area contributed by atoms with Crippen molar-refractivity contribution in [2.24, 2.45) is 5.84 Å². The number of unbranched alkanes of at least 4 members (excludes halogenated alkanes) is 4. The van der Waals surface area contributed by atoms with Crippen molar-refractivity contribution in [1.29, 1.82) is 0 Å². The van der Waals surface area contributed by atoms with Crippen LogP contribution in [0.5, 0.6) is 0 Å². The van der Waals surface area contributed by atoms with Crippen LogP contribution in [0, 0.1) is 0 Å². The van der Waals surface area contributed by atoms with E-state index in [1.165, 1.54) is 43.2 Å². The molecule has 1 aliphatic heterocycles. The van der Waals surface area contributed by atoms with Crippen molar-refractivity contribution in [2.45, 2.75) is 70.4 Å². The zero-order chi connectivity index (χ0) is 14.9. The van der Waals surface area contributed by atoms with Gasteiger partial charge in [-0.2, -0.15) is 0 Å². The number of hydrogen-bond acceptors (Lipinski definition) is 3. The molecule has 0 aliphatic carbocycles. The van der Waals surface area contributed by atoms with Crippen molar-refractivity contribution in [3.63, 3.8) is 0 Å². The molecule has 0 bridgehead atoms. The topological polar surface area (TPSA) is 47.3 Å². The molecule has 2 rings (SSSR count). The van der Waals surface area contributed by atoms with Crippen LogP contribution in [0.2, 0.25) is 0 Å². The highest BCUT2D eigenvalue weighted by atomic mass is 16.5. The minimum Gasteiger partial charge on any atom is -0.373 e. The van der Waals surface area contributed by atoms with Gasteiger partial charge in [0.1, 0.15) is 0 Å². The van der Waals surface area contributed by atoms with Gasteiger partial charge < -0.3 is 4.74 Å². The van der Waals surface area contributed by atoms with Gasteiger partial charge in [-0.25, -0.2) is 0 Å². The van der Waals surface area contributed by atoms with E-state index in [0.717, 1.165) is 25.9 Å². The number of nitrogens with one attached hydrogen (secondary N) is 1. The zero-order valence-electron chi connectivity index (χ0n) is 13.3. The molecule has 118 valence electrons. The Balaban J connectivity index is 1.82. The highest BCUT2D eigenvalue weighted by Gasteiger charge is 2.23. The maximum absolute atomic E-state index is 5.99. The van der Waals surface area contributed by atoms with E-state index >= 15 is 0 Å². The maximum Gasteiger partial charge on any atom is 0.0843 e. The Morgan fingerprint density at radius 2 is 2.05 bits per heavy atom. The van der Waals surface area contributed by atoms with E-state index in [2.05, 4.69) is 36.6 Å². The van der Waals surface area contributed by atoms with E-state index in [4.69, 9.17) is 10.6 Å². The normalized spacial score (nSPS) is 19.2. The fourth-order valence-electron chi connectivity index (χ4n) is 3.19. The largest absolute Gasteiger partial charge is 0.373 e. The molecule has 3 N–H and O–H groups in total. The standard InChI is InChI=1S/C18H30N2O/c1-2-3-4-5-6-10-16(20-19)14-18-17-11-8-7-9-15(17)12-13-21-18/h7-9,11,16,18,20H,2-6,10,12-14,19H2,1H3. The molecule has 0 spiro atoms. The van der Waals surface area contributed by atoms with Crippen molar-refractivity contribution in [3.8, 4) is 0 Å². The Bertz CT molecular complexity index is 408. The summed E-state index contributed by atoms with van der Waals surface area (Å²) in [7, 11) is 0. The van der Waals surface area contributed by atoms with Crippen LogP contribution < -0.4 is 11.3 Å². The molecule has 3 nitrogen and oxygen atoms in total. The third kappa shape index (κ3) is 5.10. The minimum atomic E-state index is 0.201. The summed E-state index contributed by atoms with van der Waals surface area (Å²) in [5.74, 6) is 5.75. The van der Waals surface area contributed by atoms with E-state index in [0.29, 0.717) is 6.04 Å². The number of benzene rings is 1. The fraction of sp³-hybridized carbons (Fsp3) is 0.667. The molecular weight excluding hydrogens is 260 g/mol. The predicted octanol–water partition coefficient (Wildman–Crippen LogP) is 3.88. The fourth-order valence-corrected chi connectivity index (χ4v) is 3.19. The highest BCUT2D eigenvalue weighted by Crippen LogP contribution is 2.31. The zero-order valence-corrected chi connectivity index (χ0v) is 13.3. The first-order chi connectivity index (χ1) is 10.3. The molecule has 0 saturated heterocycles. The monoisotopic (exact) mass is 290 g/mol. The van der Waals surface area contributed by atoms with E-state index in [9.17, 15) is 0 Å². The summed E-state index contributed by atoms with van der Waals surface area (Å²) >= 11 is 0. The lowest BCUT2D eigenvalue weighted by Crippen LogP contribution is -2.37. The minimum absolute atomic E-state index is 0.201. The van der Waals surface area contributed by atoms with E-state index in [-0.39, 0.29) is 6.10 Å². The summed E-state index contributed by atoms with van der Waals surface area (Å²) in [6.45, 7) is 3.08. The summed E-state index contributed by atoms with van der Waals surface area (Å²) in [5.41, 5.74) is 5.79. The van der Waals surface area contributed by atoms with Gasteiger partial charge in [0.2, 0.25) is 0 Å². The van der Waals surface area contributed by atoms with Crippen molar-refractivity contribution in [2.75, 3.05) is 6.61 Å². The molecule has 1 aliphatic rings. The summed E-state index contributed by atoms with van der Waals surface area (Å²) in [5, 5.41) is 0. The predicted molar refractivity (Wildman–Crippen MR) is 87.9 cm³/mol. The number of rotatable bonds is 9. The molecule has 0 amide bonds. The molecule has 0 saturated carbocycles. The number of nitrogens with two attached hydrogens (primary N) is 1. The van der Waals surface area contributed by atoms with Crippen LogP contribution in [-0.2, 0) is 11.2 Å². The van der Waals surface area contributed by atoms with Crippen molar-refractivity contribution in [1.82, 2.24) is 5.43 Å². The molecular formula is C18H30N2O. The van der Waals surface area contributed by atoms with Crippen LogP contribution in [-0.4, -0.2) is 12.6 Å². The lowest BCUT2D eigenvalue weighted by atomic mass is 9.92. The van der Waals surface area contributed by atoms with Crippen molar-refractivity contribution >= 4 is 0 Å². The van der Waals surface area contributed by atoms with Gasteiger partial charge in [-0.3, -0.25) is 11.3 Å². The molecule has 0 radical (unpaired) electrons. The SMILES string of the molecule is CCCCCCCC(CC1OCCc2ccccc21)NN. The second-order valence-electron chi connectivity index (χ2n) is 6.11. The van der Waals surface area contributed by atoms with Crippen LogP contribution in [0.1, 0.15) is 69.1 Å². The maximum atomic E-state index is 5.99. The number of hydrazine groups is 1. The molecule has 1 aromatic carbocycles. The number of fused-ring (bicyclic) bond motifs is 1. The van der Waals surface area contributed by atoms with Gasteiger partial charge in [-0.15, -0.1) is 0 Å². The van der Waals surface area contributed by atoms with Gasteiger partial charge in [0.05, 0.1) is 12.7 Å². The molecule has 21 heavy (non-hydrogen) atoms. The molecule has 2 atom stereocenters. The average molecular weight is 290 g/mol. The van der Waals surface area contributed by atoms with E-state index in [1.807, 2.05) is 0 Å². The van der Waals surface area contributed by atoms with Crippen LogP contribution in [0.3, 0.4) is 0 Å².